The number of rotatable bonds is 15. The number of carboxylic acid groups (broad SMARTS) is 1. The van der Waals surface area contributed by atoms with Gasteiger partial charge in [-0.15, -0.1) is 0 Å². The summed E-state index contributed by atoms with van der Waals surface area (Å²) in [7, 11) is 0. The van der Waals surface area contributed by atoms with Gasteiger partial charge in [-0.1, -0.05) is 115 Å². The Kier molecular flexibility index (Phi) is 17.3. The van der Waals surface area contributed by atoms with Gasteiger partial charge in [0, 0.05) is 6.42 Å². The van der Waals surface area contributed by atoms with Crippen LogP contribution in [0.5, 0.6) is 0 Å². The lowest BCUT2D eigenvalue weighted by molar-refractivity contribution is -0.142. The molecule has 4 nitrogen and oxygen atoms in total. The highest BCUT2D eigenvalue weighted by molar-refractivity contribution is 5.84. The van der Waals surface area contributed by atoms with Crippen molar-refractivity contribution in [3.8, 4) is 0 Å². The summed E-state index contributed by atoms with van der Waals surface area (Å²) in [5.74, 6) is -1.21. The molecule has 0 saturated carbocycles. The van der Waals surface area contributed by atoms with Crippen LogP contribution in [0.1, 0.15) is 109 Å². The molecule has 0 spiro atoms. The molecule has 0 aromatic heterocycles. The predicted molar refractivity (Wildman–Crippen MR) is 117 cm³/mol. The Hall–Kier alpha value is -1.84. The van der Waals surface area contributed by atoms with E-state index in [1.54, 1.807) is 24.3 Å². The van der Waals surface area contributed by atoms with Crippen LogP contribution < -0.4 is 5.32 Å². The van der Waals surface area contributed by atoms with Crippen LogP contribution in [0.25, 0.3) is 0 Å². The van der Waals surface area contributed by atoms with Gasteiger partial charge in [-0.05, 0) is 12.0 Å². The molecule has 0 aliphatic heterocycles. The maximum atomic E-state index is 12.0. The fourth-order valence-corrected chi connectivity index (χ4v) is 3.12. The first-order valence-electron chi connectivity index (χ1n) is 11.2. The van der Waals surface area contributed by atoms with Gasteiger partial charge < -0.3 is 10.4 Å². The van der Waals surface area contributed by atoms with Crippen LogP contribution in [0.3, 0.4) is 0 Å². The molecule has 0 aliphatic rings. The smallest absolute Gasteiger partial charge is 0.330 e. The Bertz CT molecular complexity index is 502. The molecule has 1 unspecified atom stereocenters. The zero-order chi connectivity index (χ0) is 21.0. The highest BCUT2D eigenvalue weighted by Crippen LogP contribution is 2.14. The maximum absolute atomic E-state index is 12.0. The van der Waals surface area contributed by atoms with E-state index < -0.39 is 12.0 Å². The van der Waals surface area contributed by atoms with E-state index in [4.69, 9.17) is 0 Å². The van der Waals surface area contributed by atoms with Crippen LogP contribution in [-0.2, 0) is 9.59 Å². The van der Waals surface area contributed by atoms with Gasteiger partial charge in [0.25, 0.3) is 0 Å². The van der Waals surface area contributed by atoms with Crippen LogP contribution in [0, 0.1) is 0 Å². The zero-order valence-corrected chi connectivity index (χ0v) is 18.2. The highest BCUT2D eigenvalue weighted by atomic mass is 16.4. The summed E-state index contributed by atoms with van der Waals surface area (Å²) in [5.41, 5.74) is 0.604. The molecule has 4 heteroatoms. The number of hydrogen-bond acceptors (Lipinski definition) is 2. The normalized spacial score (nSPS) is 11.2. The molecular formula is C24H41NO3. The zero-order valence-electron chi connectivity index (χ0n) is 18.2. The lowest BCUT2D eigenvalue weighted by atomic mass is 10.0. The van der Waals surface area contributed by atoms with Crippen LogP contribution in [0.2, 0.25) is 0 Å². The van der Waals surface area contributed by atoms with Gasteiger partial charge in [0.15, 0.2) is 6.04 Å². The number of amides is 1. The molecule has 0 aliphatic carbocycles. The Labute approximate surface area is 172 Å². The average Bonchev–Trinajstić information content (AvgIpc) is 2.72. The third-order valence-corrected chi connectivity index (χ3v) is 4.69. The molecule has 0 radical (unpaired) electrons. The minimum atomic E-state index is -1.02. The fourth-order valence-electron chi connectivity index (χ4n) is 3.12. The number of carbonyl (C=O) groups is 2. The third kappa shape index (κ3) is 13.3. The lowest BCUT2D eigenvalue weighted by Gasteiger charge is -2.14. The SMILES string of the molecule is CC.CCCCCCCCCCCCCC(=O)NC(C(=O)O)c1ccccc1. The number of nitrogens with one attached hydrogen (secondary N) is 1. The minimum absolute atomic E-state index is 0.183. The van der Waals surface area contributed by atoms with Crippen molar-refractivity contribution in [3.05, 3.63) is 35.9 Å². The lowest BCUT2D eigenvalue weighted by Crippen LogP contribution is -2.33. The standard InChI is InChI=1S/C22H35NO3.C2H6/c1-2-3-4-5-6-7-8-9-10-11-15-18-20(24)23-21(22(25)26)19-16-13-12-14-17-19;1-2/h12-14,16-17,21H,2-11,15,18H2,1H3,(H,23,24)(H,25,26);1-2H3. The van der Waals surface area contributed by atoms with E-state index in [0.29, 0.717) is 12.0 Å². The van der Waals surface area contributed by atoms with Crippen molar-refractivity contribution in [2.45, 2.75) is 104 Å². The number of carboxylic acids is 1. The van der Waals surface area contributed by atoms with Gasteiger partial charge in [0.1, 0.15) is 0 Å². The van der Waals surface area contributed by atoms with Crippen molar-refractivity contribution in [1.29, 1.82) is 0 Å². The second-order valence-electron chi connectivity index (χ2n) is 7.03. The second-order valence-corrected chi connectivity index (χ2v) is 7.03. The first-order chi connectivity index (χ1) is 13.6. The van der Waals surface area contributed by atoms with Crippen molar-refractivity contribution in [2.75, 3.05) is 0 Å². The van der Waals surface area contributed by atoms with Crippen molar-refractivity contribution in [2.24, 2.45) is 0 Å². The predicted octanol–water partition coefficient (Wildman–Crippen LogP) is 6.66. The second kappa shape index (κ2) is 18.5. The molecule has 1 aromatic rings. The average molecular weight is 392 g/mol. The summed E-state index contributed by atoms with van der Waals surface area (Å²) in [4.78, 5) is 23.4. The molecule has 1 rings (SSSR count). The molecule has 2 N–H and O–H groups in total. The van der Waals surface area contributed by atoms with Crippen molar-refractivity contribution in [1.82, 2.24) is 5.32 Å². The van der Waals surface area contributed by atoms with Crippen LogP contribution in [-0.4, -0.2) is 17.0 Å². The van der Waals surface area contributed by atoms with Gasteiger partial charge in [-0.3, -0.25) is 4.79 Å². The van der Waals surface area contributed by atoms with E-state index in [-0.39, 0.29) is 5.91 Å². The molecule has 1 aromatic carbocycles. The number of unbranched alkanes of at least 4 members (excludes halogenated alkanes) is 10. The van der Waals surface area contributed by atoms with Gasteiger partial charge >= 0.3 is 5.97 Å². The number of carbonyl (C=O) groups excluding carboxylic acids is 1. The molecule has 0 fully saturated rings. The van der Waals surface area contributed by atoms with Gasteiger partial charge in [-0.25, -0.2) is 4.79 Å². The Morgan fingerprint density at radius 3 is 1.75 bits per heavy atom. The minimum Gasteiger partial charge on any atom is -0.479 e. The molecule has 0 saturated heterocycles. The van der Waals surface area contributed by atoms with Crippen LogP contribution in [0.15, 0.2) is 30.3 Å². The third-order valence-electron chi connectivity index (χ3n) is 4.69. The van der Waals surface area contributed by atoms with E-state index in [1.807, 2.05) is 19.9 Å². The number of benzene rings is 1. The summed E-state index contributed by atoms with van der Waals surface area (Å²) in [5, 5.41) is 12.0. The maximum Gasteiger partial charge on any atom is 0.330 e. The van der Waals surface area contributed by atoms with Crippen LogP contribution >= 0.6 is 0 Å². The Morgan fingerprint density at radius 2 is 1.29 bits per heavy atom. The molecule has 0 bridgehead atoms. The largest absolute Gasteiger partial charge is 0.479 e. The molecule has 0 heterocycles. The summed E-state index contributed by atoms with van der Waals surface area (Å²) >= 11 is 0. The Balaban J connectivity index is 0.00000352. The molecule has 160 valence electrons. The summed E-state index contributed by atoms with van der Waals surface area (Å²) in [6.45, 7) is 6.24. The van der Waals surface area contributed by atoms with Crippen molar-refractivity contribution >= 4 is 11.9 Å². The Morgan fingerprint density at radius 1 is 0.821 bits per heavy atom. The van der Waals surface area contributed by atoms with Crippen molar-refractivity contribution < 1.29 is 14.7 Å². The molecular weight excluding hydrogens is 350 g/mol. The quantitative estimate of drug-likeness (QED) is 0.329. The molecule has 28 heavy (non-hydrogen) atoms. The first kappa shape index (κ1) is 26.2. The van der Waals surface area contributed by atoms with Gasteiger partial charge in [0.2, 0.25) is 5.91 Å². The van der Waals surface area contributed by atoms with E-state index in [0.717, 1.165) is 19.3 Å². The summed E-state index contributed by atoms with van der Waals surface area (Å²) < 4.78 is 0. The molecule has 1 amide bonds. The molecule has 1 atom stereocenters. The first-order valence-corrected chi connectivity index (χ1v) is 11.2. The highest BCUT2D eigenvalue weighted by Gasteiger charge is 2.21. The number of aliphatic carboxylic acids is 1. The monoisotopic (exact) mass is 391 g/mol. The number of hydrogen-bond donors (Lipinski definition) is 2. The van der Waals surface area contributed by atoms with E-state index in [2.05, 4.69) is 12.2 Å². The van der Waals surface area contributed by atoms with Crippen LogP contribution in [0.4, 0.5) is 0 Å². The van der Waals surface area contributed by atoms with Gasteiger partial charge in [0.05, 0.1) is 0 Å². The van der Waals surface area contributed by atoms with Gasteiger partial charge in [-0.2, -0.15) is 0 Å². The van der Waals surface area contributed by atoms with E-state index in [9.17, 15) is 14.7 Å². The summed E-state index contributed by atoms with van der Waals surface area (Å²) in [6, 6.07) is 7.87. The topological polar surface area (TPSA) is 66.4 Å². The van der Waals surface area contributed by atoms with Crippen molar-refractivity contribution in [3.63, 3.8) is 0 Å². The van der Waals surface area contributed by atoms with E-state index in [1.165, 1.54) is 51.4 Å². The fraction of sp³-hybridized carbons (Fsp3) is 0.667. The van der Waals surface area contributed by atoms with E-state index >= 15 is 0 Å². The summed E-state index contributed by atoms with van der Waals surface area (Å²) in [6.07, 6.45) is 14.0.